The van der Waals surface area contributed by atoms with Crippen LogP contribution in [0.5, 0.6) is 0 Å². The summed E-state index contributed by atoms with van der Waals surface area (Å²) in [6, 6.07) is 8.20. The van der Waals surface area contributed by atoms with Crippen LogP contribution in [0.4, 0.5) is 17.1 Å². The van der Waals surface area contributed by atoms with Crippen molar-refractivity contribution in [2.24, 2.45) is 0 Å². The summed E-state index contributed by atoms with van der Waals surface area (Å²) in [6.07, 6.45) is 0. The summed E-state index contributed by atoms with van der Waals surface area (Å²) in [6.45, 7) is 0. The van der Waals surface area contributed by atoms with Crippen molar-refractivity contribution in [3.05, 3.63) is 62.7 Å². The number of nitro groups is 1. The number of methoxy groups -OCH3 is 1. The fourth-order valence-electron chi connectivity index (χ4n) is 2.12. The number of carbonyl (C=O) groups excluding carboxylic acids is 2. The Morgan fingerprint density at radius 1 is 1.16 bits per heavy atom. The Labute approximate surface area is 147 Å². The van der Waals surface area contributed by atoms with Crippen LogP contribution >= 0.6 is 11.6 Å². The van der Waals surface area contributed by atoms with Gasteiger partial charge in [0.25, 0.3) is 11.6 Å². The van der Waals surface area contributed by atoms with Gasteiger partial charge in [0.05, 0.1) is 28.2 Å². The number of ether oxygens (including phenoxy) is 1. The van der Waals surface area contributed by atoms with E-state index in [0.717, 1.165) is 6.07 Å². The van der Waals surface area contributed by atoms with Crippen molar-refractivity contribution in [2.45, 2.75) is 0 Å². The van der Waals surface area contributed by atoms with Crippen molar-refractivity contribution >= 4 is 40.5 Å². The lowest BCUT2D eigenvalue weighted by Gasteiger charge is -2.11. The molecule has 2 rings (SSSR count). The first-order valence-corrected chi connectivity index (χ1v) is 7.40. The molecule has 0 aliphatic carbocycles. The third-order valence-electron chi connectivity index (χ3n) is 3.36. The SMILES string of the molecule is CNc1ccc([N+](=O)[O-])cc1C(=O)Nc1ccc(Cl)c(C(=O)OC)c1. The Kier molecular flexibility index (Phi) is 5.56. The number of esters is 1. The Morgan fingerprint density at radius 3 is 2.48 bits per heavy atom. The van der Waals surface area contributed by atoms with Gasteiger partial charge in [0, 0.05) is 30.6 Å². The van der Waals surface area contributed by atoms with E-state index in [9.17, 15) is 19.7 Å². The van der Waals surface area contributed by atoms with Gasteiger partial charge < -0.3 is 15.4 Å². The molecule has 0 fully saturated rings. The van der Waals surface area contributed by atoms with Crippen molar-refractivity contribution < 1.29 is 19.2 Å². The number of carbonyl (C=O) groups is 2. The molecule has 0 radical (unpaired) electrons. The molecular formula is C16H14ClN3O5. The monoisotopic (exact) mass is 363 g/mol. The molecule has 0 saturated heterocycles. The predicted molar refractivity (Wildman–Crippen MR) is 93.4 cm³/mol. The molecule has 130 valence electrons. The number of non-ortho nitro benzene ring substituents is 1. The molecule has 0 aliphatic heterocycles. The quantitative estimate of drug-likeness (QED) is 0.479. The van der Waals surface area contributed by atoms with Crippen molar-refractivity contribution in [3.63, 3.8) is 0 Å². The molecule has 0 spiro atoms. The number of nitrogens with one attached hydrogen (secondary N) is 2. The van der Waals surface area contributed by atoms with E-state index >= 15 is 0 Å². The fourth-order valence-corrected chi connectivity index (χ4v) is 2.31. The molecular weight excluding hydrogens is 350 g/mol. The highest BCUT2D eigenvalue weighted by atomic mass is 35.5. The highest BCUT2D eigenvalue weighted by Gasteiger charge is 2.18. The first-order valence-electron chi connectivity index (χ1n) is 7.02. The van der Waals surface area contributed by atoms with Gasteiger partial charge in [-0.1, -0.05) is 11.6 Å². The van der Waals surface area contributed by atoms with Gasteiger partial charge in [0.15, 0.2) is 0 Å². The first-order chi connectivity index (χ1) is 11.9. The largest absolute Gasteiger partial charge is 0.465 e. The summed E-state index contributed by atoms with van der Waals surface area (Å²) in [7, 11) is 2.81. The number of nitrogens with zero attached hydrogens (tertiary/aromatic N) is 1. The van der Waals surface area contributed by atoms with Crippen molar-refractivity contribution in [2.75, 3.05) is 24.8 Å². The Balaban J connectivity index is 2.35. The van der Waals surface area contributed by atoms with Crippen LogP contribution in [-0.2, 0) is 4.74 Å². The van der Waals surface area contributed by atoms with Crippen molar-refractivity contribution in [3.8, 4) is 0 Å². The van der Waals surface area contributed by atoms with Gasteiger partial charge in [-0.25, -0.2) is 4.79 Å². The average molecular weight is 364 g/mol. The lowest BCUT2D eigenvalue weighted by molar-refractivity contribution is -0.384. The zero-order valence-corrected chi connectivity index (χ0v) is 14.1. The van der Waals surface area contributed by atoms with Gasteiger partial charge in [0.2, 0.25) is 0 Å². The van der Waals surface area contributed by atoms with E-state index in [1.165, 1.54) is 37.4 Å². The molecule has 0 aromatic heterocycles. The predicted octanol–water partition coefficient (Wildman–Crippen LogP) is 3.33. The summed E-state index contributed by atoms with van der Waals surface area (Å²) in [5.41, 5.74) is 0.685. The minimum absolute atomic E-state index is 0.0891. The van der Waals surface area contributed by atoms with E-state index < -0.39 is 16.8 Å². The maximum atomic E-state index is 12.5. The van der Waals surface area contributed by atoms with E-state index in [4.69, 9.17) is 11.6 Å². The number of rotatable bonds is 5. The summed E-state index contributed by atoms with van der Waals surface area (Å²) in [5, 5.41) is 16.5. The van der Waals surface area contributed by atoms with Crippen LogP contribution in [0.25, 0.3) is 0 Å². The van der Waals surface area contributed by atoms with Crippen LogP contribution in [0.2, 0.25) is 5.02 Å². The number of amides is 1. The van der Waals surface area contributed by atoms with Crippen LogP contribution in [0.3, 0.4) is 0 Å². The zero-order valence-electron chi connectivity index (χ0n) is 13.3. The van der Waals surface area contributed by atoms with Gasteiger partial charge >= 0.3 is 5.97 Å². The van der Waals surface area contributed by atoms with E-state index in [-0.39, 0.29) is 21.8 Å². The number of halogens is 1. The highest BCUT2D eigenvalue weighted by Crippen LogP contribution is 2.25. The molecule has 0 aliphatic rings. The summed E-state index contributed by atoms with van der Waals surface area (Å²) in [4.78, 5) is 34.5. The molecule has 2 N–H and O–H groups in total. The standard InChI is InChI=1S/C16H14ClN3O5/c1-18-14-6-4-10(20(23)24)8-12(14)15(21)19-9-3-5-13(17)11(7-9)16(22)25-2/h3-8,18H,1-2H3,(H,19,21). The molecule has 0 bridgehead atoms. The third-order valence-corrected chi connectivity index (χ3v) is 3.69. The topological polar surface area (TPSA) is 111 Å². The second-order valence-corrected chi connectivity index (χ2v) is 5.28. The van der Waals surface area contributed by atoms with Crippen LogP contribution in [0.1, 0.15) is 20.7 Å². The number of hydrogen-bond acceptors (Lipinski definition) is 6. The minimum Gasteiger partial charge on any atom is -0.465 e. The molecule has 0 saturated carbocycles. The molecule has 0 unspecified atom stereocenters. The normalized spacial score (nSPS) is 10.0. The number of anilines is 2. The smallest absolute Gasteiger partial charge is 0.339 e. The van der Waals surface area contributed by atoms with Crippen molar-refractivity contribution in [1.29, 1.82) is 0 Å². The molecule has 9 heteroatoms. The molecule has 2 aromatic carbocycles. The van der Waals surface area contributed by atoms with Crippen LogP contribution in [-0.4, -0.2) is 31.0 Å². The highest BCUT2D eigenvalue weighted by molar-refractivity contribution is 6.33. The van der Waals surface area contributed by atoms with Crippen LogP contribution < -0.4 is 10.6 Å². The van der Waals surface area contributed by atoms with E-state index in [0.29, 0.717) is 11.4 Å². The van der Waals surface area contributed by atoms with Gasteiger partial charge in [-0.05, 0) is 24.3 Å². The average Bonchev–Trinajstić information content (AvgIpc) is 2.61. The summed E-state index contributed by atoms with van der Waals surface area (Å²) < 4.78 is 4.62. The maximum absolute atomic E-state index is 12.5. The van der Waals surface area contributed by atoms with Gasteiger partial charge in [-0.3, -0.25) is 14.9 Å². The summed E-state index contributed by atoms with van der Waals surface area (Å²) in [5.74, 6) is -1.22. The van der Waals surface area contributed by atoms with Gasteiger partial charge in [0.1, 0.15) is 0 Å². The van der Waals surface area contributed by atoms with E-state index in [1.54, 1.807) is 7.05 Å². The van der Waals surface area contributed by atoms with E-state index in [2.05, 4.69) is 15.4 Å². The zero-order chi connectivity index (χ0) is 18.6. The molecule has 8 nitrogen and oxygen atoms in total. The lowest BCUT2D eigenvalue weighted by atomic mass is 10.1. The van der Waals surface area contributed by atoms with Gasteiger partial charge in [-0.2, -0.15) is 0 Å². The maximum Gasteiger partial charge on any atom is 0.339 e. The minimum atomic E-state index is -0.646. The molecule has 1 amide bonds. The summed E-state index contributed by atoms with van der Waals surface area (Å²) >= 11 is 5.93. The second-order valence-electron chi connectivity index (χ2n) is 4.88. The number of hydrogen-bond donors (Lipinski definition) is 2. The van der Waals surface area contributed by atoms with Crippen molar-refractivity contribution in [1.82, 2.24) is 0 Å². The lowest BCUT2D eigenvalue weighted by Crippen LogP contribution is -2.15. The van der Waals surface area contributed by atoms with Gasteiger partial charge in [-0.15, -0.1) is 0 Å². The Hall–Kier alpha value is -3.13. The Morgan fingerprint density at radius 2 is 1.88 bits per heavy atom. The number of nitro benzene ring substituents is 1. The number of benzene rings is 2. The first kappa shape index (κ1) is 18.2. The molecule has 0 atom stereocenters. The van der Waals surface area contributed by atoms with Crippen LogP contribution in [0.15, 0.2) is 36.4 Å². The fraction of sp³-hybridized carbons (Fsp3) is 0.125. The molecule has 2 aromatic rings. The third kappa shape index (κ3) is 4.04. The Bertz CT molecular complexity index is 854. The molecule has 0 heterocycles. The van der Waals surface area contributed by atoms with E-state index in [1.807, 2.05) is 0 Å². The second kappa shape index (κ2) is 7.63. The molecule has 25 heavy (non-hydrogen) atoms. The van der Waals surface area contributed by atoms with Crippen LogP contribution in [0, 0.1) is 10.1 Å².